The lowest BCUT2D eigenvalue weighted by Crippen LogP contribution is -1.87. The minimum atomic E-state index is 0.750. The summed E-state index contributed by atoms with van der Waals surface area (Å²) in [5.41, 5.74) is 7.69. The molecule has 0 aliphatic heterocycles. The first-order valence-corrected chi connectivity index (χ1v) is 4.32. The third kappa shape index (κ3) is 2.02. The molecular formula is C10H12ClN. The first-order chi connectivity index (χ1) is 5.77. The third-order valence-corrected chi connectivity index (χ3v) is 2.01. The van der Waals surface area contributed by atoms with Crippen molar-refractivity contribution in [2.75, 3.05) is 0 Å². The second kappa shape index (κ2) is 4.17. The van der Waals surface area contributed by atoms with Gasteiger partial charge in [-0.3, -0.25) is 0 Å². The average Bonchev–Trinajstić information content (AvgIpc) is 2.07. The van der Waals surface area contributed by atoms with Gasteiger partial charge in [0, 0.05) is 5.02 Å². The van der Waals surface area contributed by atoms with Crippen molar-refractivity contribution in [2.45, 2.75) is 13.3 Å². The van der Waals surface area contributed by atoms with Crippen LogP contribution in [0.15, 0.2) is 30.5 Å². The van der Waals surface area contributed by atoms with E-state index in [1.807, 2.05) is 24.3 Å². The molecule has 1 nitrogen and oxygen atoms in total. The predicted octanol–water partition coefficient (Wildman–Crippen LogP) is 3.05. The van der Waals surface area contributed by atoms with Crippen molar-refractivity contribution in [1.29, 1.82) is 0 Å². The number of hydrogen-bond acceptors (Lipinski definition) is 1. The maximum Gasteiger partial charge on any atom is 0.0412 e. The number of benzene rings is 1. The minimum Gasteiger partial charge on any atom is -0.404 e. The van der Waals surface area contributed by atoms with Gasteiger partial charge >= 0.3 is 0 Å². The second-order valence-electron chi connectivity index (χ2n) is 2.56. The summed E-state index contributed by atoms with van der Waals surface area (Å²) in [6.07, 6.45) is 2.56. The van der Waals surface area contributed by atoms with Gasteiger partial charge in [0.15, 0.2) is 0 Å². The van der Waals surface area contributed by atoms with Crippen LogP contribution in [0, 0.1) is 0 Å². The summed E-state index contributed by atoms with van der Waals surface area (Å²) in [6.45, 7) is 2.07. The molecule has 1 aromatic rings. The smallest absolute Gasteiger partial charge is 0.0412 e. The van der Waals surface area contributed by atoms with Crippen molar-refractivity contribution in [1.82, 2.24) is 0 Å². The van der Waals surface area contributed by atoms with Gasteiger partial charge in [0.05, 0.1) is 0 Å². The molecule has 0 spiro atoms. The Balaban J connectivity index is 3.02. The molecule has 0 aliphatic rings. The van der Waals surface area contributed by atoms with Crippen LogP contribution in [0.3, 0.4) is 0 Å². The van der Waals surface area contributed by atoms with Crippen molar-refractivity contribution in [3.63, 3.8) is 0 Å². The maximum absolute atomic E-state index is 5.83. The number of nitrogens with two attached hydrogens (primary N) is 1. The van der Waals surface area contributed by atoms with Gasteiger partial charge in [-0.1, -0.05) is 30.7 Å². The van der Waals surface area contributed by atoms with Crippen LogP contribution in [0.5, 0.6) is 0 Å². The summed E-state index contributed by atoms with van der Waals surface area (Å²) >= 11 is 5.83. The molecule has 0 aromatic heterocycles. The highest BCUT2D eigenvalue weighted by atomic mass is 35.5. The quantitative estimate of drug-likeness (QED) is 0.746. The summed E-state index contributed by atoms with van der Waals surface area (Å²) in [5, 5.41) is 0.750. The van der Waals surface area contributed by atoms with E-state index in [2.05, 4.69) is 6.92 Å². The fraction of sp³-hybridized carbons (Fsp3) is 0.200. The van der Waals surface area contributed by atoms with Crippen molar-refractivity contribution in [3.05, 3.63) is 41.1 Å². The molecule has 1 rings (SSSR count). The zero-order valence-corrected chi connectivity index (χ0v) is 7.81. The lowest BCUT2D eigenvalue weighted by Gasteiger charge is -2.03. The number of rotatable bonds is 2. The van der Waals surface area contributed by atoms with E-state index in [-0.39, 0.29) is 0 Å². The number of halogens is 1. The van der Waals surface area contributed by atoms with E-state index >= 15 is 0 Å². The summed E-state index contributed by atoms with van der Waals surface area (Å²) in [6, 6.07) is 7.71. The zero-order valence-electron chi connectivity index (χ0n) is 7.05. The monoisotopic (exact) mass is 181 g/mol. The van der Waals surface area contributed by atoms with Crippen LogP contribution < -0.4 is 5.73 Å². The fourth-order valence-electron chi connectivity index (χ4n) is 1.11. The Hall–Kier alpha value is -0.950. The molecule has 0 atom stereocenters. The molecule has 0 fully saturated rings. The number of hydrogen-bond donors (Lipinski definition) is 1. The average molecular weight is 182 g/mol. The second-order valence-corrected chi connectivity index (χ2v) is 2.99. The van der Waals surface area contributed by atoms with Gasteiger partial charge in [-0.2, -0.15) is 0 Å². The molecule has 0 saturated carbocycles. The molecule has 2 heteroatoms. The lowest BCUT2D eigenvalue weighted by atomic mass is 10.1. The Morgan fingerprint density at radius 1 is 1.58 bits per heavy atom. The summed E-state index contributed by atoms with van der Waals surface area (Å²) < 4.78 is 0. The molecule has 12 heavy (non-hydrogen) atoms. The van der Waals surface area contributed by atoms with Gasteiger partial charge in [0.2, 0.25) is 0 Å². The maximum atomic E-state index is 5.83. The highest BCUT2D eigenvalue weighted by Gasteiger charge is 1.97. The fourth-order valence-corrected chi connectivity index (χ4v) is 1.30. The van der Waals surface area contributed by atoms with Crippen LogP contribution in [-0.2, 0) is 0 Å². The van der Waals surface area contributed by atoms with E-state index in [0.717, 1.165) is 22.6 Å². The van der Waals surface area contributed by atoms with E-state index in [1.165, 1.54) is 0 Å². The molecule has 2 N–H and O–H groups in total. The van der Waals surface area contributed by atoms with Gasteiger partial charge in [-0.05, 0) is 35.9 Å². The standard InChI is InChI=1S/C10H12ClN/c1-2-8(7-12)9-4-3-5-10(11)6-9/h3-7H,2,12H2,1H3/b8-7-. The molecule has 0 amide bonds. The van der Waals surface area contributed by atoms with E-state index in [0.29, 0.717) is 0 Å². The van der Waals surface area contributed by atoms with Crippen molar-refractivity contribution < 1.29 is 0 Å². The van der Waals surface area contributed by atoms with Crippen molar-refractivity contribution in [2.24, 2.45) is 5.73 Å². The molecule has 0 heterocycles. The minimum absolute atomic E-state index is 0.750. The molecule has 0 bridgehead atoms. The first-order valence-electron chi connectivity index (χ1n) is 3.94. The molecule has 1 aromatic carbocycles. The van der Waals surface area contributed by atoms with Crippen LogP contribution in [0.4, 0.5) is 0 Å². The first kappa shape index (κ1) is 9.14. The Morgan fingerprint density at radius 3 is 2.83 bits per heavy atom. The molecule has 0 unspecified atom stereocenters. The van der Waals surface area contributed by atoms with E-state index in [4.69, 9.17) is 17.3 Å². The largest absolute Gasteiger partial charge is 0.404 e. The Bertz CT molecular complexity index is 292. The van der Waals surface area contributed by atoms with Gasteiger partial charge in [0.1, 0.15) is 0 Å². The highest BCUT2D eigenvalue weighted by molar-refractivity contribution is 6.30. The van der Waals surface area contributed by atoms with Crippen LogP contribution >= 0.6 is 11.6 Å². The van der Waals surface area contributed by atoms with Crippen molar-refractivity contribution in [3.8, 4) is 0 Å². The van der Waals surface area contributed by atoms with Crippen LogP contribution in [0.1, 0.15) is 18.9 Å². The Labute approximate surface area is 77.8 Å². The van der Waals surface area contributed by atoms with Gasteiger partial charge in [-0.25, -0.2) is 0 Å². The van der Waals surface area contributed by atoms with Gasteiger partial charge in [0.25, 0.3) is 0 Å². The normalized spacial score (nSPS) is 11.7. The van der Waals surface area contributed by atoms with Crippen LogP contribution in [0.2, 0.25) is 5.02 Å². The summed E-state index contributed by atoms with van der Waals surface area (Å²) in [5.74, 6) is 0. The highest BCUT2D eigenvalue weighted by Crippen LogP contribution is 2.19. The van der Waals surface area contributed by atoms with Gasteiger partial charge < -0.3 is 5.73 Å². The summed E-state index contributed by atoms with van der Waals surface area (Å²) in [4.78, 5) is 0. The molecule has 0 aliphatic carbocycles. The topological polar surface area (TPSA) is 26.0 Å². The molecule has 0 radical (unpaired) electrons. The predicted molar refractivity (Wildman–Crippen MR) is 53.9 cm³/mol. The van der Waals surface area contributed by atoms with E-state index in [9.17, 15) is 0 Å². The van der Waals surface area contributed by atoms with Crippen LogP contribution in [0.25, 0.3) is 5.57 Å². The Kier molecular flexibility index (Phi) is 3.18. The molecule has 64 valence electrons. The van der Waals surface area contributed by atoms with Gasteiger partial charge in [-0.15, -0.1) is 0 Å². The van der Waals surface area contributed by atoms with E-state index < -0.39 is 0 Å². The lowest BCUT2D eigenvalue weighted by molar-refractivity contribution is 1.23. The van der Waals surface area contributed by atoms with Crippen molar-refractivity contribution >= 4 is 17.2 Å². The van der Waals surface area contributed by atoms with E-state index in [1.54, 1.807) is 6.20 Å². The summed E-state index contributed by atoms with van der Waals surface area (Å²) in [7, 11) is 0. The Morgan fingerprint density at radius 2 is 2.33 bits per heavy atom. The SMILES string of the molecule is CC/C(=C/N)c1cccc(Cl)c1. The zero-order chi connectivity index (χ0) is 8.97. The number of allylic oxidation sites excluding steroid dienone is 1. The molecule has 0 saturated heterocycles. The molecular weight excluding hydrogens is 170 g/mol. The van der Waals surface area contributed by atoms with Crippen LogP contribution in [-0.4, -0.2) is 0 Å². The third-order valence-electron chi connectivity index (χ3n) is 1.78.